The molecule has 1 rings (SSSR count). The molecule has 1 aromatic rings. The zero-order valence-corrected chi connectivity index (χ0v) is 9.32. The maximum absolute atomic E-state index is 8.75. The number of nitrogens with zero attached hydrogens (tertiary/aromatic N) is 2. The second kappa shape index (κ2) is 5.58. The second-order valence-electron chi connectivity index (χ2n) is 3.39. The monoisotopic (exact) mass is 212 g/mol. The number of methoxy groups -OCH3 is 1. The van der Waals surface area contributed by atoms with Gasteiger partial charge in [0.1, 0.15) is 17.9 Å². The van der Waals surface area contributed by atoms with Gasteiger partial charge in [0.15, 0.2) is 5.57 Å². The van der Waals surface area contributed by atoms with Crippen molar-refractivity contribution in [2.75, 3.05) is 7.11 Å². The molecule has 1 aromatic carbocycles. The summed E-state index contributed by atoms with van der Waals surface area (Å²) in [7, 11) is 1.47. The minimum absolute atomic E-state index is 0.0315. The smallest absolute Gasteiger partial charge is 0.167 e. The molecule has 0 aromatic heterocycles. The molecule has 0 spiro atoms. The van der Waals surface area contributed by atoms with Gasteiger partial charge in [0.05, 0.1) is 7.11 Å². The van der Waals surface area contributed by atoms with Crippen LogP contribution in [0.15, 0.2) is 35.6 Å². The Morgan fingerprint density at radius 1 is 1.31 bits per heavy atom. The fourth-order valence-electron chi connectivity index (χ4n) is 1.42. The molecule has 0 saturated heterocycles. The van der Waals surface area contributed by atoms with Gasteiger partial charge in [-0.2, -0.15) is 10.5 Å². The summed E-state index contributed by atoms with van der Waals surface area (Å²) in [6, 6.07) is 11.5. The highest BCUT2D eigenvalue weighted by molar-refractivity contribution is 5.40. The van der Waals surface area contributed by atoms with Crippen molar-refractivity contribution in [2.24, 2.45) is 0 Å². The molecule has 0 unspecified atom stereocenters. The van der Waals surface area contributed by atoms with E-state index in [-0.39, 0.29) is 5.57 Å². The van der Waals surface area contributed by atoms with Gasteiger partial charge in [-0.1, -0.05) is 29.8 Å². The van der Waals surface area contributed by atoms with Crippen molar-refractivity contribution in [1.82, 2.24) is 0 Å². The number of rotatable bonds is 3. The van der Waals surface area contributed by atoms with Crippen LogP contribution >= 0.6 is 0 Å². The van der Waals surface area contributed by atoms with Gasteiger partial charge < -0.3 is 4.74 Å². The van der Waals surface area contributed by atoms with E-state index in [4.69, 9.17) is 15.3 Å². The lowest BCUT2D eigenvalue weighted by Gasteiger charge is -2.06. The molecule has 0 saturated carbocycles. The van der Waals surface area contributed by atoms with Gasteiger partial charge in [-0.3, -0.25) is 0 Å². The quantitative estimate of drug-likeness (QED) is 0.571. The molecule has 0 radical (unpaired) electrons. The van der Waals surface area contributed by atoms with Gasteiger partial charge >= 0.3 is 0 Å². The summed E-state index contributed by atoms with van der Waals surface area (Å²) in [4.78, 5) is 0. The first-order valence-corrected chi connectivity index (χ1v) is 4.84. The van der Waals surface area contributed by atoms with Crippen LogP contribution in [0.4, 0.5) is 0 Å². The van der Waals surface area contributed by atoms with Gasteiger partial charge in [-0.15, -0.1) is 0 Å². The molecule has 0 amide bonds. The van der Waals surface area contributed by atoms with Crippen LogP contribution in [0.3, 0.4) is 0 Å². The van der Waals surface area contributed by atoms with Crippen molar-refractivity contribution >= 4 is 0 Å². The summed E-state index contributed by atoms with van der Waals surface area (Å²) < 4.78 is 5.07. The largest absolute Gasteiger partial charge is 0.499 e. The molecule has 3 nitrogen and oxygen atoms in total. The summed E-state index contributed by atoms with van der Waals surface area (Å²) in [5.41, 5.74) is 2.20. The fraction of sp³-hybridized carbons (Fsp3) is 0.231. The Morgan fingerprint density at radius 2 is 2.00 bits per heavy atom. The summed E-state index contributed by atoms with van der Waals surface area (Å²) in [6.45, 7) is 2.00. The Bertz CT molecular complexity index is 473. The van der Waals surface area contributed by atoms with E-state index in [0.717, 1.165) is 11.1 Å². The SMILES string of the molecule is COC(Cc1cccc(C)c1)=C(C#N)C#N. The van der Waals surface area contributed by atoms with Crippen molar-refractivity contribution < 1.29 is 4.74 Å². The Hall–Kier alpha value is -2.26. The van der Waals surface area contributed by atoms with Crippen molar-refractivity contribution in [2.45, 2.75) is 13.3 Å². The van der Waals surface area contributed by atoms with Gasteiger partial charge in [0.2, 0.25) is 0 Å². The highest BCUT2D eigenvalue weighted by Gasteiger charge is 2.07. The normalized spacial score (nSPS) is 8.75. The number of hydrogen-bond donors (Lipinski definition) is 0. The van der Waals surface area contributed by atoms with Crippen LogP contribution in [0.2, 0.25) is 0 Å². The maximum Gasteiger partial charge on any atom is 0.167 e. The van der Waals surface area contributed by atoms with Crippen LogP contribution in [0.1, 0.15) is 11.1 Å². The minimum Gasteiger partial charge on any atom is -0.499 e. The zero-order valence-electron chi connectivity index (χ0n) is 9.32. The van der Waals surface area contributed by atoms with Crippen molar-refractivity contribution in [1.29, 1.82) is 10.5 Å². The lowest BCUT2D eigenvalue weighted by molar-refractivity contribution is 0.281. The van der Waals surface area contributed by atoms with Gasteiger partial charge in [0.25, 0.3) is 0 Å². The summed E-state index contributed by atoms with van der Waals surface area (Å²) in [5.74, 6) is 0.413. The standard InChI is InChI=1S/C13H12N2O/c1-10-4-3-5-11(6-10)7-13(16-2)12(8-14)9-15/h3-6H,7H2,1-2H3. The van der Waals surface area contributed by atoms with Crippen LogP contribution in [-0.4, -0.2) is 7.11 Å². The number of hydrogen-bond acceptors (Lipinski definition) is 3. The molecule has 16 heavy (non-hydrogen) atoms. The maximum atomic E-state index is 8.75. The Kier molecular flexibility index (Phi) is 4.12. The second-order valence-corrected chi connectivity index (χ2v) is 3.39. The molecule has 0 fully saturated rings. The van der Waals surface area contributed by atoms with E-state index in [1.807, 2.05) is 43.3 Å². The molecule has 0 bridgehead atoms. The Morgan fingerprint density at radius 3 is 2.50 bits per heavy atom. The van der Waals surface area contributed by atoms with E-state index >= 15 is 0 Å². The predicted octanol–water partition coefficient (Wildman–Crippen LogP) is 2.49. The minimum atomic E-state index is 0.0315. The molecule has 0 atom stereocenters. The first kappa shape index (κ1) is 11.8. The molecule has 80 valence electrons. The lowest BCUT2D eigenvalue weighted by atomic mass is 10.1. The van der Waals surface area contributed by atoms with Gasteiger partial charge in [-0.25, -0.2) is 0 Å². The lowest BCUT2D eigenvalue weighted by Crippen LogP contribution is -1.97. The molecule has 0 aliphatic rings. The predicted molar refractivity (Wildman–Crippen MR) is 60.1 cm³/mol. The van der Waals surface area contributed by atoms with Crippen LogP contribution in [0.25, 0.3) is 0 Å². The van der Waals surface area contributed by atoms with Crippen molar-refractivity contribution in [3.05, 3.63) is 46.7 Å². The molecule has 0 N–H and O–H groups in total. The summed E-state index contributed by atoms with van der Waals surface area (Å²) >= 11 is 0. The highest BCUT2D eigenvalue weighted by Crippen LogP contribution is 2.13. The Balaban J connectivity index is 3.01. The van der Waals surface area contributed by atoms with Crippen LogP contribution in [0.5, 0.6) is 0 Å². The van der Waals surface area contributed by atoms with Crippen LogP contribution < -0.4 is 0 Å². The van der Waals surface area contributed by atoms with E-state index in [9.17, 15) is 0 Å². The molecule has 3 heteroatoms. The number of ether oxygens (including phenoxy) is 1. The highest BCUT2D eigenvalue weighted by atomic mass is 16.5. The van der Waals surface area contributed by atoms with Crippen LogP contribution in [-0.2, 0) is 11.2 Å². The summed E-state index contributed by atoms with van der Waals surface area (Å²) in [6.07, 6.45) is 0.467. The Labute approximate surface area is 95.2 Å². The fourth-order valence-corrected chi connectivity index (χ4v) is 1.42. The average Bonchev–Trinajstić information content (AvgIpc) is 2.29. The zero-order chi connectivity index (χ0) is 12.0. The van der Waals surface area contributed by atoms with Crippen molar-refractivity contribution in [3.8, 4) is 12.1 Å². The van der Waals surface area contributed by atoms with E-state index in [1.165, 1.54) is 7.11 Å². The molecular formula is C13H12N2O. The molecule has 0 aliphatic carbocycles. The number of nitriles is 2. The molecule has 0 aliphatic heterocycles. The number of aryl methyl sites for hydroxylation is 1. The van der Waals surface area contributed by atoms with Gasteiger partial charge in [0, 0.05) is 6.42 Å². The van der Waals surface area contributed by atoms with E-state index < -0.39 is 0 Å². The topological polar surface area (TPSA) is 56.8 Å². The molecule has 0 heterocycles. The number of benzene rings is 1. The first-order valence-electron chi connectivity index (χ1n) is 4.84. The van der Waals surface area contributed by atoms with Crippen LogP contribution in [0, 0.1) is 29.6 Å². The average molecular weight is 212 g/mol. The first-order chi connectivity index (χ1) is 7.71. The molecular weight excluding hydrogens is 200 g/mol. The van der Waals surface area contributed by atoms with E-state index in [1.54, 1.807) is 0 Å². The van der Waals surface area contributed by atoms with Gasteiger partial charge in [-0.05, 0) is 12.5 Å². The van der Waals surface area contributed by atoms with Crippen molar-refractivity contribution in [3.63, 3.8) is 0 Å². The summed E-state index contributed by atoms with van der Waals surface area (Å²) in [5, 5.41) is 17.5. The third kappa shape index (κ3) is 2.87. The van der Waals surface area contributed by atoms with E-state index in [2.05, 4.69) is 0 Å². The number of allylic oxidation sites excluding steroid dienone is 2. The third-order valence-electron chi connectivity index (χ3n) is 2.20. The van der Waals surface area contributed by atoms with E-state index in [0.29, 0.717) is 12.2 Å². The third-order valence-corrected chi connectivity index (χ3v) is 2.20.